The minimum atomic E-state index is -3.12. The number of hydrogen-bond acceptors (Lipinski definition) is 12. The van der Waals surface area contributed by atoms with Gasteiger partial charge in [-0.15, -0.1) is 0 Å². The second-order valence-electron chi connectivity index (χ2n) is 9.30. The van der Waals surface area contributed by atoms with Gasteiger partial charge in [-0.25, -0.2) is 0 Å². The molecule has 3 aliphatic carbocycles. The summed E-state index contributed by atoms with van der Waals surface area (Å²) < 4.78 is 8.59. The maximum Gasteiger partial charge on any atom is 0.485 e. The van der Waals surface area contributed by atoms with E-state index < -0.39 is 89.3 Å². The van der Waals surface area contributed by atoms with Crippen LogP contribution in [0.3, 0.4) is 0 Å². The number of phenolic OH excluding ortho intramolecular Hbond substituents is 1. The number of aliphatic hydroxyl groups is 5. The molecule has 1 aromatic carbocycles. The van der Waals surface area contributed by atoms with Crippen molar-refractivity contribution in [3.8, 4) is 5.75 Å². The highest BCUT2D eigenvalue weighted by Crippen LogP contribution is 2.57. The van der Waals surface area contributed by atoms with Crippen molar-refractivity contribution in [2.24, 2.45) is 17.6 Å². The molecule has 1 fully saturated rings. The van der Waals surface area contributed by atoms with Gasteiger partial charge in [0.15, 0.2) is 11.4 Å². The Morgan fingerprint density at radius 2 is 1.70 bits per heavy atom. The molecule has 200 valence electrons. The summed E-state index contributed by atoms with van der Waals surface area (Å²) in [5.41, 5.74) is -1.78. The molecule has 7 atom stereocenters. The number of fused-ring (bicyclic) bond motifs is 3. The van der Waals surface area contributed by atoms with E-state index in [0.29, 0.717) is 0 Å². The zero-order valence-electron chi connectivity index (χ0n) is 19.7. The van der Waals surface area contributed by atoms with Crippen LogP contribution < -0.4 is 10.6 Å². The van der Waals surface area contributed by atoms with Crippen LogP contribution in [-0.4, -0.2) is 89.7 Å². The summed E-state index contributed by atoms with van der Waals surface area (Å²) in [5.74, 6) is -9.67. The van der Waals surface area contributed by atoms with Gasteiger partial charge in [0, 0.05) is 0 Å². The van der Waals surface area contributed by atoms with Crippen molar-refractivity contribution in [3.63, 3.8) is 0 Å². The molecule has 0 radical (unpaired) electrons. The minimum absolute atomic E-state index is 0.00664. The number of aromatic hydroxyl groups is 1. The average molecular weight is 540 g/mol. The molecule has 0 spiro atoms. The van der Waals surface area contributed by atoms with Gasteiger partial charge in [0.05, 0.1) is 40.7 Å². The van der Waals surface area contributed by atoms with Crippen LogP contribution in [0.25, 0.3) is 5.76 Å². The van der Waals surface area contributed by atoms with E-state index in [1.807, 2.05) is 0 Å². The van der Waals surface area contributed by atoms with E-state index in [0.717, 1.165) is 0 Å². The quantitative estimate of drug-likeness (QED) is 0.144. The number of Topliss-reactive ketones (excluding diaryl/α,β-unsaturated/α-hetero) is 2. The highest BCUT2D eigenvalue weighted by Gasteiger charge is 2.70. The van der Waals surface area contributed by atoms with Gasteiger partial charge in [-0.3, -0.25) is 19.3 Å². The second kappa shape index (κ2) is 9.26. The van der Waals surface area contributed by atoms with E-state index in [-0.39, 0.29) is 11.1 Å². The highest BCUT2D eigenvalue weighted by atomic mass is 31.1. The van der Waals surface area contributed by atoms with E-state index in [1.165, 1.54) is 44.1 Å². The summed E-state index contributed by atoms with van der Waals surface area (Å²) in [5, 5.41) is 66.3. The lowest BCUT2D eigenvalue weighted by Crippen LogP contribution is -2.71. The zero-order chi connectivity index (χ0) is 28.4. The molecule has 15 heteroatoms. The standard InChI is InChI=1S/C22H24N2O9.HO3P/c1-21(32)7-5-4-6-8(25)9(7)15(26)10-12(21)17(28)13-14(24(2)3)16(27)11(20(23)31)19(30)22(13,33)18(10)29;1-4(2)3/h4-6,12-14,17,25-26,28,30,32-33H,1-3H3,(H2,23,31);(H,1,2,3)/t12-,13-,14+,17+,21-,22+;/m1./s1. The smallest absolute Gasteiger partial charge is 0.485 e. The number of benzene rings is 1. The number of primary amides is 1. The molecule has 0 saturated heterocycles. The SMILES string of the molecule is CN(C)[C@@H]1C(=O)C(C(N)=O)=C(O)[C@@]2(O)C(=O)C3=C(O)c4c(O)cccc4[C@@](C)(O)[C@H]3[C@H](O)[C@@H]12.O=[P+]([O-])O. The van der Waals surface area contributed by atoms with Crippen LogP contribution >= 0.6 is 8.25 Å². The van der Waals surface area contributed by atoms with Gasteiger partial charge in [0.2, 0.25) is 5.78 Å². The van der Waals surface area contributed by atoms with Gasteiger partial charge in [-0.2, -0.15) is 4.89 Å². The van der Waals surface area contributed by atoms with Crippen molar-refractivity contribution in [2.45, 2.75) is 30.3 Å². The number of aliphatic hydroxyl groups excluding tert-OH is 3. The van der Waals surface area contributed by atoms with Gasteiger partial charge < -0.3 is 41.3 Å². The molecule has 1 unspecified atom stereocenters. The molecule has 14 nitrogen and oxygen atoms in total. The number of likely N-dealkylation sites (N-methyl/N-ethyl adjacent to an activating group) is 1. The molecule has 37 heavy (non-hydrogen) atoms. The normalized spacial score (nSPS) is 33.3. The van der Waals surface area contributed by atoms with Gasteiger partial charge in [-0.05, 0) is 37.2 Å². The molecule has 3 aliphatic rings. The first kappa shape index (κ1) is 28.3. The van der Waals surface area contributed by atoms with Crippen LogP contribution in [0, 0.1) is 11.8 Å². The maximum absolute atomic E-state index is 13.7. The maximum atomic E-state index is 13.7. The van der Waals surface area contributed by atoms with E-state index >= 15 is 0 Å². The number of phenols is 1. The molecular formula is C22H25N2O12P. The molecule has 0 heterocycles. The molecule has 1 amide bonds. The third-order valence-corrected chi connectivity index (χ3v) is 7.03. The van der Waals surface area contributed by atoms with Crippen molar-refractivity contribution in [3.05, 3.63) is 46.2 Å². The number of amides is 1. The second-order valence-corrected chi connectivity index (χ2v) is 9.77. The Morgan fingerprint density at radius 3 is 2.19 bits per heavy atom. The molecular weight excluding hydrogens is 515 g/mol. The third-order valence-electron chi connectivity index (χ3n) is 7.03. The molecule has 1 aromatic rings. The summed E-state index contributed by atoms with van der Waals surface area (Å²) in [7, 11) is -0.322. The average Bonchev–Trinajstić information content (AvgIpc) is 2.75. The number of hydrogen-bond donors (Lipinski definition) is 8. The lowest BCUT2D eigenvalue weighted by atomic mass is 9.53. The summed E-state index contributed by atoms with van der Waals surface area (Å²) in [6, 6.07) is 2.50. The Hall–Kier alpha value is -3.23. The van der Waals surface area contributed by atoms with Gasteiger partial charge in [0.25, 0.3) is 5.91 Å². The van der Waals surface area contributed by atoms with E-state index in [2.05, 4.69) is 0 Å². The number of carbonyl (C=O) groups is 3. The van der Waals surface area contributed by atoms with Crippen molar-refractivity contribution in [2.75, 3.05) is 14.1 Å². The van der Waals surface area contributed by atoms with Crippen molar-refractivity contribution >= 4 is 31.5 Å². The first-order valence-electron chi connectivity index (χ1n) is 10.6. The zero-order valence-corrected chi connectivity index (χ0v) is 20.6. The third kappa shape index (κ3) is 3.94. The Labute approximate surface area is 210 Å². The predicted molar refractivity (Wildman–Crippen MR) is 121 cm³/mol. The van der Waals surface area contributed by atoms with Crippen LogP contribution in [0.2, 0.25) is 0 Å². The Morgan fingerprint density at radius 1 is 1.16 bits per heavy atom. The van der Waals surface area contributed by atoms with E-state index in [4.69, 9.17) is 20.1 Å². The summed E-state index contributed by atoms with van der Waals surface area (Å²) in [6.07, 6.45) is -1.87. The fourth-order valence-electron chi connectivity index (χ4n) is 5.60. The Balaban J connectivity index is 0.000000886. The fourth-order valence-corrected chi connectivity index (χ4v) is 5.60. The van der Waals surface area contributed by atoms with Crippen LogP contribution in [0.4, 0.5) is 0 Å². The van der Waals surface area contributed by atoms with Crippen LogP contribution in [0.15, 0.2) is 35.1 Å². The van der Waals surface area contributed by atoms with E-state index in [9.17, 15) is 45.0 Å². The van der Waals surface area contributed by atoms with Crippen molar-refractivity contribution in [1.29, 1.82) is 0 Å². The topological polar surface area (TPSA) is 262 Å². The number of nitrogens with zero attached hydrogens (tertiary/aromatic N) is 1. The Bertz CT molecular complexity index is 1280. The molecule has 1 saturated carbocycles. The molecule has 0 aromatic heterocycles. The van der Waals surface area contributed by atoms with Crippen LogP contribution in [0.1, 0.15) is 18.1 Å². The van der Waals surface area contributed by atoms with Gasteiger partial charge in [-0.1, -0.05) is 12.1 Å². The molecule has 0 bridgehead atoms. The first-order chi connectivity index (χ1) is 16.9. The summed E-state index contributed by atoms with van der Waals surface area (Å²) in [6.45, 7) is 1.25. The lowest BCUT2D eigenvalue weighted by molar-refractivity contribution is -0.181. The predicted octanol–water partition coefficient (Wildman–Crippen LogP) is -2.40. The minimum Gasteiger partial charge on any atom is -0.567 e. The monoisotopic (exact) mass is 540 g/mol. The largest absolute Gasteiger partial charge is 0.567 e. The highest BCUT2D eigenvalue weighted by molar-refractivity contribution is 7.29. The number of carbonyl (C=O) groups excluding carboxylic acids is 3. The number of rotatable bonds is 2. The summed E-state index contributed by atoms with van der Waals surface area (Å²) >= 11 is 0. The number of ketones is 2. The molecule has 4 rings (SSSR count). The fraction of sp³-hybridized carbons (Fsp3) is 0.409. The van der Waals surface area contributed by atoms with Crippen LogP contribution in [0.5, 0.6) is 5.75 Å². The van der Waals surface area contributed by atoms with Gasteiger partial charge >= 0.3 is 8.25 Å². The molecule has 9 N–H and O–H groups in total. The lowest BCUT2D eigenvalue weighted by Gasteiger charge is -2.55. The van der Waals surface area contributed by atoms with Gasteiger partial charge in [0.1, 0.15) is 22.8 Å². The number of nitrogens with two attached hydrogens (primary N) is 1. The first-order valence-corrected chi connectivity index (χ1v) is 11.8. The van der Waals surface area contributed by atoms with Crippen molar-refractivity contribution in [1.82, 2.24) is 4.90 Å². The Kier molecular flexibility index (Phi) is 7.09. The van der Waals surface area contributed by atoms with E-state index in [1.54, 1.807) is 0 Å². The molecule has 0 aliphatic heterocycles. The van der Waals surface area contributed by atoms with Crippen molar-refractivity contribution < 1.29 is 59.4 Å². The van der Waals surface area contributed by atoms with Crippen LogP contribution in [-0.2, 0) is 24.5 Å². The summed E-state index contributed by atoms with van der Waals surface area (Å²) in [4.78, 5) is 55.5.